The lowest BCUT2D eigenvalue weighted by Crippen LogP contribution is -2.48. The van der Waals surface area contributed by atoms with Gasteiger partial charge in [-0.1, -0.05) is 43.3 Å². The Morgan fingerprint density at radius 1 is 1.23 bits per heavy atom. The predicted molar refractivity (Wildman–Crippen MR) is 103 cm³/mol. The number of carbonyl (C=O) groups excluding carboxylic acids is 1. The molecule has 0 aromatic heterocycles. The fraction of sp³-hybridized carbons (Fsp3) is 0.450. The molecular formula is C20H25NO4S. The second kappa shape index (κ2) is 7.66. The zero-order valence-corrected chi connectivity index (χ0v) is 16.0. The van der Waals surface area contributed by atoms with Crippen molar-refractivity contribution in [2.24, 2.45) is 0 Å². The quantitative estimate of drug-likeness (QED) is 0.778. The molecule has 0 N–H and O–H groups in total. The number of benzene rings is 2. The van der Waals surface area contributed by atoms with Crippen molar-refractivity contribution in [3.8, 4) is 5.75 Å². The molecule has 2 atom stereocenters. The van der Waals surface area contributed by atoms with Crippen molar-refractivity contribution < 1.29 is 17.9 Å². The molecule has 26 heavy (non-hydrogen) atoms. The van der Waals surface area contributed by atoms with Crippen LogP contribution in [0.3, 0.4) is 0 Å². The number of hydrogen-bond donors (Lipinski definition) is 0. The molecule has 1 amide bonds. The molecule has 2 aromatic carbocycles. The summed E-state index contributed by atoms with van der Waals surface area (Å²) in [6, 6.07) is 13.3. The smallest absolute Gasteiger partial charge is 0.261 e. The molecule has 0 saturated carbocycles. The molecule has 5 nitrogen and oxygen atoms in total. The highest BCUT2D eigenvalue weighted by Gasteiger charge is 2.36. The van der Waals surface area contributed by atoms with Crippen LogP contribution in [0.2, 0.25) is 0 Å². The number of rotatable bonds is 6. The summed E-state index contributed by atoms with van der Waals surface area (Å²) in [7, 11) is -3.05. The minimum absolute atomic E-state index is 0.0167. The first-order chi connectivity index (χ1) is 12.4. The molecule has 0 unspecified atom stereocenters. The Balaban J connectivity index is 1.75. The van der Waals surface area contributed by atoms with Gasteiger partial charge in [-0.15, -0.1) is 0 Å². The van der Waals surface area contributed by atoms with Crippen molar-refractivity contribution in [3.05, 3.63) is 42.5 Å². The number of nitrogens with zero attached hydrogens (tertiary/aromatic N) is 1. The van der Waals surface area contributed by atoms with Gasteiger partial charge in [-0.3, -0.25) is 4.79 Å². The highest BCUT2D eigenvalue weighted by molar-refractivity contribution is 7.91. The first-order valence-corrected chi connectivity index (χ1v) is 10.9. The van der Waals surface area contributed by atoms with Crippen LogP contribution in [0, 0.1) is 0 Å². The lowest BCUT2D eigenvalue weighted by Gasteiger charge is -2.33. The van der Waals surface area contributed by atoms with Gasteiger partial charge >= 0.3 is 0 Å². The monoisotopic (exact) mass is 375 g/mol. The molecule has 1 aliphatic rings. The van der Waals surface area contributed by atoms with Gasteiger partial charge in [-0.25, -0.2) is 8.42 Å². The van der Waals surface area contributed by atoms with E-state index in [0.29, 0.717) is 12.2 Å². The SMILES string of the molecule is CC[C@@H](C)N(C(=O)COc1cccc2ccccc12)[C@H]1CCS(=O)(=O)C1. The summed E-state index contributed by atoms with van der Waals surface area (Å²) in [4.78, 5) is 14.6. The van der Waals surface area contributed by atoms with E-state index in [4.69, 9.17) is 4.74 Å². The Kier molecular flexibility index (Phi) is 5.51. The van der Waals surface area contributed by atoms with E-state index in [1.54, 1.807) is 4.90 Å². The Bertz CT molecular complexity index is 888. The van der Waals surface area contributed by atoms with E-state index in [0.717, 1.165) is 17.2 Å². The molecule has 3 rings (SSSR count). The summed E-state index contributed by atoms with van der Waals surface area (Å²) in [5.41, 5.74) is 0. The number of carbonyl (C=O) groups is 1. The van der Waals surface area contributed by atoms with Gasteiger partial charge in [-0.05, 0) is 31.2 Å². The van der Waals surface area contributed by atoms with Crippen molar-refractivity contribution >= 4 is 26.5 Å². The van der Waals surface area contributed by atoms with Crippen LogP contribution in [-0.4, -0.2) is 49.4 Å². The van der Waals surface area contributed by atoms with Gasteiger partial charge in [0, 0.05) is 17.5 Å². The first kappa shape index (κ1) is 18.7. The van der Waals surface area contributed by atoms with Crippen molar-refractivity contribution in [2.75, 3.05) is 18.1 Å². The maximum atomic E-state index is 12.9. The van der Waals surface area contributed by atoms with E-state index < -0.39 is 9.84 Å². The van der Waals surface area contributed by atoms with Gasteiger partial charge in [0.25, 0.3) is 5.91 Å². The fourth-order valence-electron chi connectivity index (χ4n) is 3.54. The summed E-state index contributed by atoms with van der Waals surface area (Å²) in [5.74, 6) is 0.716. The third-order valence-corrected chi connectivity index (χ3v) is 6.81. The van der Waals surface area contributed by atoms with Gasteiger partial charge < -0.3 is 9.64 Å². The average Bonchev–Trinajstić information content (AvgIpc) is 2.99. The molecule has 0 bridgehead atoms. The summed E-state index contributed by atoms with van der Waals surface area (Å²) < 4.78 is 29.5. The summed E-state index contributed by atoms with van der Waals surface area (Å²) in [5, 5.41) is 2.01. The zero-order chi connectivity index (χ0) is 18.7. The molecule has 1 heterocycles. The van der Waals surface area contributed by atoms with Crippen LogP contribution < -0.4 is 4.74 Å². The van der Waals surface area contributed by atoms with Crippen LogP contribution >= 0.6 is 0 Å². The highest BCUT2D eigenvalue weighted by atomic mass is 32.2. The molecule has 2 aromatic rings. The maximum absolute atomic E-state index is 12.9. The van der Waals surface area contributed by atoms with E-state index >= 15 is 0 Å². The minimum atomic E-state index is -3.05. The molecule has 1 fully saturated rings. The standard InChI is InChI=1S/C20H25NO4S/c1-3-15(2)21(17-11-12-26(23,24)14-17)20(22)13-25-19-10-6-8-16-7-4-5-9-18(16)19/h4-10,15,17H,3,11-14H2,1-2H3/t15-,17+/m1/s1. The largest absolute Gasteiger partial charge is 0.483 e. The van der Waals surface area contributed by atoms with Crippen molar-refractivity contribution in [1.29, 1.82) is 0 Å². The lowest BCUT2D eigenvalue weighted by molar-refractivity contribution is -0.137. The van der Waals surface area contributed by atoms with E-state index in [1.165, 1.54) is 0 Å². The summed E-state index contributed by atoms with van der Waals surface area (Å²) in [6.45, 7) is 3.87. The summed E-state index contributed by atoms with van der Waals surface area (Å²) >= 11 is 0. The number of hydrogen-bond acceptors (Lipinski definition) is 4. The Labute approximate surface area is 154 Å². The molecule has 1 aliphatic heterocycles. The highest BCUT2D eigenvalue weighted by Crippen LogP contribution is 2.26. The maximum Gasteiger partial charge on any atom is 0.261 e. The van der Waals surface area contributed by atoms with E-state index in [-0.39, 0.29) is 36.1 Å². The van der Waals surface area contributed by atoms with Crippen molar-refractivity contribution in [2.45, 2.75) is 38.8 Å². The van der Waals surface area contributed by atoms with Gasteiger partial charge in [-0.2, -0.15) is 0 Å². The van der Waals surface area contributed by atoms with Crippen molar-refractivity contribution in [3.63, 3.8) is 0 Å². The third-order valence-electron chi connectivity index (χ3n) is 5.06. The van der Waals surface area contributed by atoms with Gasteiger partial charge in [0.1, 0.15) is 5.75 Å². The van der Waals surface area contributed by atoms with E-state index in [2.05, 4.69) is 0 Å². The van der Waals surface area contributed by atoms with E-state index in [9.17, 15) is 13.2 Å². The second-order valence-corrected chi connectivity index (χ2v) is 9.11. The number of sulfone groups is 1. The van der Waals surface area contributed by atoms with E-state index in [1.807, 2.05) is 56.3 Å². The van der Waals surface area contributed by atoms with Gasteiger partial charge in [0.05, 0.1) is 11.5 Å². The zero-order valence-electron chi connectivity index (χ0n) is 15.2. The first-order valence-electron chi connectivity index (χ1n) is 9.03. The fourth-order valence-corrected chi connectivity index (χ4v) is 5.25. The van der Waals surface area contributed by atoms with Crippen LogP contribution in [0.25, 0.3) is 10.8 Å². The van der Waals surface area contributed by atoms with Gasteiger partial charge in [0.2, 0.25) is 0 Å². The molecule has 140 valence electrons. The second-order valence-electron chi connectivity index (χ2n) is 6.88. The number of fused-ring (bicyclic) bond motifs is 1. The van der Waals surface area contributed by atoms with Crippen molar-refractivity contribution in [1.82, 2.24) is 4.90 Å². The molecule has 0 radical (unpaired) electrons. The number of ether oxygens (including phenoxy) is 1. The Morgan fingerprint density at radius 3 is 2.65 bits per heavy atom. The molecule has 0 aliphatic carbocycles. The molecule has 6 heteroatoms. The van der Waals surface area contributed by atoms with Crippen LogP contribution in [0.4, 0.5) is 0 Å². The van der Waals surface area contributed by atoms with Crippen LogP contribution in [-0.2, 0) is 14.6 Å². The molecular weight excluding hydrogens is 350 g/mol. The number of amides is 1. The Morgan fingerprint density at radius 2 is 1.96 bits per heavy atom. The van der Waals surface area contributed by atoms with Crippen LogP contribution in [0.15, 0.2) is 42.5 Å². The predicted octanol–water partition coefficient (Wildman–Crippen LogP) is 3.03. The third kappa shape index (κ3) is 4.01. The summed E-state index contributed by atoms with van der Waals surface area (Å²) in [6.07, 6.45) is 1.28. The molecule has 1 saturated heterocycles. The Hall–Kier alpha value is -2.08. The average molecular weight is 375 g/mol. The lowest BCUT2D eigenvalue weighted by atomic mass is 10.1. The van der Waals surface area contributed by atoms with Gasteiger partial charge in [0.15, 0.2) is 16.4 Å². The minimum Gasteiger partial charge on any atom is -0.483 e. The molecule has 0 spiro atoms. The normalized spacial score (nSPS) is 20.0. The van der Waals surface area contributed by atoms with Crippen LogP contribution in [0.1, 0.15) is 26.7 Å². The topological polar surface area (TPSA) is 63.7 Å². The van der Waals surface area contributed by atoms with Crippen LogP contribution in [0.5, 0.6) is 5.75 Å².